The summed E-state index contributed by atoms with van der Waals surface area (Å²) in [6, 6.07) is 7.73. The van der Waals surface area contributed by atoms with Crippen LogP contribution in [0.2, 0.25) is 5.02 Å². The molecule has 4 rings (SSSR count). The number of rotatable bonds is 7. The largest absolute Gasteiger partial charge is 0.379 e. The van der Waals surface area contributed by atoms with Crippen LogP contribution in [-0.4, -0.2) is 60.8 Å². The Labute approximate surface area is 200 Å². The predicted octanol–water partition coefficient (Wildman–Crippen LogP) is 3.76. The van der Waals surface area contributed by atoms with Gasteiger partial charge in [0.1, 0.15) is 11.6 Å². The van der Waals surface area contributed by atoms with Crippen molar-refractivity contribution >= 4 is 23.2 Å². The molecular weight excluding hydrogens is 440 g/mol. The van der Waals surface area contributed by atoms with E-state index >= 15 is 0 Å². The average molecular weight is 473 g/mol. The fraction of sp³-hybridized carbons (Fsp3) is 0.560. The van der Waals surface area contributed by atoms with Crippen LogP contribution in [0.15, 0.2) is 30.5 Å². The molecule has 0 aliphatic carbocycles. The van der Waals surface area contributed by atoms with Crippen molar-refractivity contribution in [1.29, 1.82) is 0 Å². The maximum atomic E-state index is 12.8. The summed E-state index contributed by atoms with van der Waals surface area (Å²) in [6.07, 6.45) is 3.92. The zero-order chi connectivity index (χ0) is 23.3. The lowest BCUT2D eigenvalue weighted by Crippen LogP contribution is -2.36. The number of nitrogens with one attached hydrogen (secondary N) is 2. The molecule has 8 heteroatoms. The highest BCUT2D eigenvalue weighted by Gasteiger charge is 2.28. The number of Topliss-reactive ketones (excluding diaryl/α,β-unsaturated/α-hetero) is 1. The number of ketones is 1. The minimum Gasteiger partial charge on any atom is -0.379 e. The van der Waals surface area contributed by atoms with Gasteiger partial charge in [0.25, 0.3) is 0 Å². The van der Waals surface area contributed by atoms with Crippen molar-refractivity contribution in [3.05, 3.63) is 41.2 Å². The topological polar surface area (TPSA) is 85.4 Å². The fourth-order valence-electron chi connectivity index (χ4n) is 4.47. The van der Waals surface area contributed by atoms with Gasteiger partial charge in [-0.05, 0) is 50.8 Å². The third-order valence-corrected chi connectivity index (χ3v) is 6.55. The molecule has 0 saturated carbocycles. The van der Waals surface area contributed by atoms with Crippen molar-refractivity contribution in [2.75, 3.05) is 44.8 Å². The summed E-state index contributed by atoms with van der Waals surface area (Å²) in [5.74, 6) is 1.31. The van der Waals surface area contributed by atoms with Crippen LogP contribution in [0.25, 0.3) is 11.3 Å². The Bertz CT molecular complexity index is 960. The average Bonchev–Trinajstić information content (AvgIpc) is 3.08. The molecule has 7 nitrogen and oxygen atoms in total. The minimum atomic E-state index is -0.158. The number of carbonyl (C=O) groups excluding carboxylic acids is 1. The molecule has 33 heavy (non-hydrogen) atoms. The molecule has 0 aromatic carbocycles. The van der Waals surface area contributed by atoms with Crippen molar-refractivity contribution < 1.29 is 14.3 Å². The molecule has 0 bridgehead atoms. The molecule has 2 N–H and O–H groups in total. The Kier molecular flexibility index (Phi) is 7.96. The van der Waals surface area contributed by atoms with Gasteiger partial charge in [-0.3, -0.25) is 9.78 Å². The number of pyridine rings is 2. The Morgan fingerprint density at radius 3 is 3.06 bits per heavy atom. The minimum absolute atomic E-state index is 0.0722. The summed E-state index contributed by atoms with van der Waals surface area (Å²) < 4.78 is 11.3. The molecule has 2 fully saturated rings. The number of aromatic nitrogens is 2. The van der Waals surface area contributed by atoms with Crippen molar-refractivity contribution in [2.45, 2.75) is 38.7 Å². The van der Waals surface area contributed by atoms with E-state index in [9.17, 15) is 4.79 Å². The van der Waals surface area contributed by atoms with Crippen LogP contribution < -0.4 is 10.6 Å². The van der Waals surface area contributed by atoms with Crippen LogP contribution >= 0.6 is 11.6 Å². The molecule has 0 spiro atoms. The number of hydrogen-bond acceptors (Lipinski definition) is 7. The van der Waals surface area contributed by atoms with E-state index in [0.29, 0.717) is 36.4 Å². The van der Waals surface area contributed by atoms with Gasteiger partial charge in [0, 0.05) is 50.1 Å². The quantitative estimate of drug-likeness (QED) is 0.634. The molecule has 2 aromatic heterocycles. The van der Waals surface area contributed by atoms with E-state index in [-0.39, 0.29) is 23.7 Å². The van der Waals surface area contributed by atoms with E-state index in [1.165, 1.54) is 0 Å². The van der Waals surface area contributed by atoms with E-state index in [4.69, 9.17) is 26.1 Å². The lowest BCUT2D eigenvalue weighted by Gasteiger charge is -2.35. The molecular formula is C25H33ClN4O3. The molecule has 178 valence electrons. The second kappa shape index (κ2) is 10.9. The van der Waals surface area contributed by atoms with Crippen molar-refractivity contribution in [2.24, 2.45) is 11.8 Å². The first-order chi connectivity index (χ1) is 15.9. The van der Waals surface area contributed by atoms with E-state index in [2.05, 4.69) is 29.5 Å². The summed E-state index contributed by atoms with van der Waals surface area (Å²) in [5.41, 5.74) is 2.15. The van der Waals surface area contributed by atoms with Gasteiger partial charge in [0.15, 0.2) is 0 Å². The standard InChI is InChI=1S/C25H33ClN4O3/c1-25(2)12-17(6-8-33-25)13-29-24-5-3-4-22(30-24)20-10-19(28-15-21(20)26)11-23(31)18-14-27-7-9-32-16-18/h3-5,10,15,17-18,27H,6-9,11-14,16H2,1-2H3,(H,29,30). The van der Waals surface area contributed by atoms with Crippen LogP contribution in [0.4, 0.5) is 5.82 Å². The highest BCUT2D eigenvalue weighted by molar-refractivity contribution is 6.33. The van der Waals surface area contributed by atoms with Crippen molar-refractivity contribution in [3.8, 4) is 11.3 Å². The molecule has 0 amide bonds. The van der Waals surface area contributed by atoms with Crippen LogP contribution in [0.3, 0.4) is 0 Å². The molecule has 2 aliphatic rings. The van der Waals surface area contributed by atoms with Gasteiger partial charge in [0.05, 0.1) is 35.4 Å². The van der Waals surface area contributed by atoms with E-state index < -0.39 is 0 Å². The molecule has 2 unspecified atom stereocenters. The Hall–Kier alpha value is -2.06. The van der Waals surface area contributed by atoms with Gasteiger partial charge in [0.2, 0.25) is 0 Å². The van der Waals surface area contributed by atoms with Gasteiger partial charge in [-0.15, -0.1) is 0 Å². The third kappa shape index (κ3) is 6.73. The van der Waals surface area contributed by atoms with Crippen LogP contribution in [0.5, 0.6) is 0 Å². The normalized spacial score (nSPS) is 23.0. The van der Waals surface area contributed by atoms with Crippen molar-refractivity contribution in [3.63, 3.8) is 0 Å². The van der Waals surface area contributed by atoms with Gasteiger partial charge < -0.3 is 20.1 Å². The SMILES string of the molecule is CC1(C)CC(CNc2cccc(-c3cc(CC(=O)C4CNCCOC4)ncc3Cl)n2)CCO1. The second-order valence-corrected chi connectivity index (χ2v) is 9.94. The van der Waals surface area contributed by atoms with E-state index in [1.807, 2.05) is 24.3 Å². The highest BCUT2D eigenvalue weighted by atomic mass is 35.5. The summed E-state index contributed by atoms with van der Waals surface area (Å²) >= 11 is 6.47. The monoisotopic (exact) mass is 472 g/mol. The molecule has 2 aliphatic heterocycles. The molecule has 2 saturated heterocycles. The first-order valence-electron chi connectivity index (χ1n) is 11.7. The zero-order valence-corrected chi connectivity index (χ0v) is 20.2. The first-order valence-corrected chi connectivity index (χ1v) is 12.1. The predicted molar refractivity (Wildman–Crippen MR) is 130 cm³/mol. The fourth-order valence-corrected chi connectivity index (χ4v) is 4.67. The van der Waals surface area contributed by atoms with Crippen LogP contribution in [-0.2, 0) is 20.7 Å². The molecule has 0 radical (unpaired) electrons. The maximum absolute atomic E-state index is 12.8. The Morgan fingerprint density at radius 2 is 2.21 bits per heavy atom. The molecule has 2 aromatic rings. The molecule has 4 heterocycles. The van der Waals surface area contributed by atoms with Gasteiger partial charge in [-0.2, -0.15) is 0 Å². The zero-order valence-electron chi connectivity index (χ0n) is 19.4. The van der Waals surface area contributed by atoms with Gasteiger partial charge in [-0.25, -0.2) is 4.98 Å². The summed E-state index contributed by atoms with van der Waals surface area (Å²) in [6.45, 7) is 8.43. The second-order valence-electron chi connectivity index (χ2n) is 9.53. The summed E-state index contributed by atoms with van der Waals surface area (Å²) in [7, 11) is 0. The maximum Gasteiger partial charge on any atom is 0.145 e. The third-order valence-electron chi connectivity index (χ3n) is 6.25. The number of nitrogens with zero attached hydrogens (tertiary/aromatic N) is 2. The number of anilines is 1. The van der Waals surface area contributed by atoms with Gasteiger partial charge >= 0.3 is 0 Å². The number of ether oxygens (including phenoxy) is 2. The summed E-state index contributed by atoms with van der Waals surface area (Å²) in [4.78, 5) is 21.9. The number of halogens is 1. The first kappa shape index (κ1) is 24.1. The summed E-state index contributed by atoms with van der Waals surface area (Å²) in [5, 5.41) is 7.24. The smallest absolute Gasteiger partial charge is 0.145 e. The van der Waals surface area contributed by atoms with Crippen LogP contribution in [0, 0.1) is 11.8 Å². The lowest BCUT2D eigenvalue weighted by atomic mass is 9.88. The van der Waals surface area contributed by atoms with E-state index in [1.54, 1.807) is 6.20 Å². The van der Waals surface area contributed by atoms with E-state index in [0.717, 1.165) is 49.6 Å². The number of carbonyl (C=O) groups is 1. The van der Waals surface area contributed by atoms with Crippen LogP contribution in [0.1, 0.15) is 32.4 Å². The van der Waals surface area contributed by atoms with Gasteiger partial charge in [-0.1, -0.05) is 17.7 Å². The Morgan fingerprint density at radius 1 is 1.33 bits per heavy atom. The number of hydrogen-bond donors (Lipinski definition) is 2. The Balaban J connectivity index is 1.43. The lowest BCUT2D eigenvalue weighted by molar-refractivity contribution is -0.123. The van der Waals surface area contributed by atoms with Crippen molar-refractivity contribution in [1.82, 2.24) is 15.3 Å². The highest BCUT2D eigenvalue weighted by Crippen LogP contribution is 2.30. The molecule has 2 atom stereocenters.